The van der Waals surface area contributed by atoms with Crippen molar-refractivity contribution >= 4 is 0 Å². The Bertz CT molecular complexity index is 663. The molecule has 136 valence electrons. The quantitative estimate of drug-likeness (QED) is 0.833. The predicted molar refractivity (Wildman–Crippen MR) is 92.8 cm³/mol. The summed E-state index contributed by atoms with van der Waals surface area (Å²) in [6, 6.07) is 7.16. The normalized spacial score (nSPS) is 19.2. The Morgan fingerprint density at radius 3 is 2.84 bits per heavy atom. The molecule has 2 heterocycles. The number of aliphatic hydroxyl groups excluding tert-OH is 1. The largest absolute Gasteiger partial charge is 0.497 e. The first-order valence-electron chi connectivity index (χ1n) is 8.60. The molecule has 1 saturated heterocycles. The Balaban J connectivity index is 1.64. The van der Waals surface area contributed by atoms with Crippen molar-refractivity contribution in [2.24, 2.45) is 0 Å². The van der Waals surface area contributed by atoms with Crippen LogP contribution in [0.4, 0.5) is 4.39 Å². The van der Waals surface area contributed by atoms with Crippen molar-refractivity contribution < 1.29 is 18.7 Å². The highest BCUT2D eigenvalue weighted by molar-refractivity contribution is 5.29. The number of piperazine rings is 1. The lowest BCUT2D eigenvalue weighted by molar-refractivity contribution is 0.0492. The molecule has 0 amide bonds. The maximum atomic E-state index is 14.3. The molecule has 1 aliphatic rings. The minimum Gasteiger partial charge on any atom is -0.497 e. The molecule has 5 nitrogen and oxygen atoms in total. The van der Waals surface area contributed by atoms with E-state index in [-0.39, 0.29) is 18.5 Å². The smallest absolute Gasteiger partial charge is 0.131 e. The fourth-order valence-electron chi connectivity index (χ4n) is 3.37. The molecule has 0 saturated carbocycles. The maximum Gasteiger partial charge on any atom is 0.131 e. The lowest BCUT2D eigenvalue weighted by atomic mass is 10.1. The molecule has 1 aliphatic heterocycles. The van der Waals surface area contributed by atoms with E-state index in [0.29, 0.717) is 24.3 Å². The van der Waals surface area contributed by atoms with Gasteiger partial charge in [-0.2, -0.15) is 0 Å². The first-order chi connectivity index (χ1) is 12.2. The number of nitrogens with zero attached hydrogens (tertiary/aromatic N) is 2. The van der Waals surface area contributed by atoms with Crippen LogP contribution in [0.3, 0.4) is 0 Å². The average molecular weight is 348 g/mol. The Morgan fingerprint density at radius 2 is 2.16 bits per heavy atom. The van der Waals surface area contributed by atoms with Crippen molar-refractivity contribution in [3.05, 3.63) is 53.7 Å². The van der Waals surface area contributed by atoms with Crippen LogP contribution >= 0.6 is 0 Å². The number of hydrogen-bond donors (Lipinski definition) is 1. The summed E-state index contributed by atoms with van der Waals surface area (Å²) in [5, 5.41) is 9.42. The van der Waals surface area contributed by atoms with Gasteiger partial charge in [0.25, 0.3) is 0 Å². The second-order valence-electron chi connectivity index (χ2n) is 6.46. The summed E-state index contributed by atoms with van der Waals surface area (Å²) < 4.78 is 24.5. The molecule has 1 atom stereocenters. The number of aliphatic hydroxyl groups is 1. The molecule has 6 heteroatoms. The van der Waals surface area contributed by atoms with Crippen LogP contribution in [0.2, 0.25) is 0 Å². The number of furan rings is 1. The molecule has 2 aromatic rings. The molecular weight excluding hydrogens is 323 g/mol. The van der Waals surface area contributed by atoms with Crippen LogP contribution in [-0.2, 0) is 13.1 Å². The van der Waals surface area contributed by atoms with Gasteiger partial charge in [-0.05, 0) is 18.6 Å². The van der Waals surface area contributed by atoms with Crippen LogP contribution in [0.15, 0.2) is 41.2 Å². The van der Waals surface area contributed by atoms with E-state index >= 15 is 0 Å². The molecule has 1 fully saturated rings. The van der Waals surface area contributed by atoms with Crippen molar-refractivity contribution in [2.45, 2.75) is 25.6 Å². The van der Waals surface area contributed by atoms with Gasteiger partial charge < -0.3 is 14.3 Å². The molecule has 3 rings (SSSR count). The van der Waals surface area contributed by atoms with Gasteiger partial charge in [0.15, 0.2) is 0 Å². The Labute approximate surface area is 147 Å². The molecule has 1 N–H and O–H groups in total. The zero-order valence-corrected chi connectivity index (χ0v) is 14.5. The Hall–Kier alpha value is -1.89. The Morgan fingerprint density at radius 1 is 1.28 bits per heavy atom. The molecule has 0 unspecified atom stereocenters. The third-order valence-corrected chi connectivity index (χ3v) is 4.77. The van der Waals surface area contributed by atoms with E-state index in [0.717, 1.165) is 31.7 Å². The van der Waals surface area contributed by atoms with Crippen molar-refractivity contribution in [3.63, 3.8) is 0 Å². The molecular formula is C19H25FN2O3. The fourth-order valence-corrected chi connectivity index (χ4v) is 3.37. The molecule has 1 aromatic carbocycles. The second-order valence-corrected chi connectivity index (χ2v) is 6.46. The summed E-state index contributed by atoms with van der Waals surface area (Å²) in [5.41, 5.74) is 1.81. The van der Waals surface area contributed by atoms with E-state index in [9.17, 15) is 9.50 Å². The van der Waals surface area contributed by atoms with Crippen LogP contribution in [0.1, 0.15) is 17.5 Å². The predicted octanol–water partition coefficient (Wildman–Crippen LogP) is 2.50. The van der Waals surface area contributed by atoms with Crippen LogP contribution in [0, 0.1) is 5.82 Å². The summed E-state index contributed by atoms with van der Waals surface area (Å²) in [7, 11) is 1.53. The van der Waals surface area contributed by atoms with Crippen molar-refractivity contribution in [1.29, 1.82) is 0 Å². The number of methoxy groups -OCH3 is 1. The van der Waals surface area contributed by atoms with Crippen LogP contribution < -0.4 is 4.74 Å². The van der Waals surface area contributed by atoms with Gasteiger partial charge in [0.05, 0.1) is 19.6 Å². The average Bonchev–Trinajstić information content (AvgIpc) is 3.12. The van der Waals surface area contributed by atoms with E-state index in [2.05, 4.69) is 9.80 Å². The van der Waals surface area contributed by atoms with E-state index in [1.165, 1.54) is 13.2 Å². The summed E-state index contributed by atoms with van der Waals surface area (Å²) in [4.78, 5) is 4.61. The van der Waals surface area contributed by atoms with Gasteiger partial charge in [0.1, 0.15) is 11.6 Å². The molecule has 0 radical (unpaired) electrons. The van der Waals surface area contributed by atoms with Crippen molar-refractivity contribution in [3.8, 4) is 5.75 Å². The molecule has 0 bridgehead atoms. The van der Waals surface area contributed by atoms with Crippen LogP contribution in [-0.4, -0.2) is 54.3 Å². The highest BCUT2D eigenvalue weighted by Crippen LogP contribution is 2.22. The number of hydrogen-bond acceptors (Lipinski definition) is 5. The highest BCUT2D eigenvalue weighted by Gasteiger charge is 2.27. The van der Waals surface area contributed by atoms with Gasteiger partial charge in [-0.15, -0.1) is 0 Å². The fraction of sp³-hybridized carbons (Fsp3) is 0.474. The van der Waals surface area contributed by atoms with E-state index in [1.54, 1.807) is 24.7 Å². The van der Waals surface area contributed by atoms with Crippen LogP contribution in [0.25, 0.3) is 0 Å². The molecule has 0 aliphatic carbocycles. The summed E-state index contributed by atoms with van der Waals surface area (Å²) in [6.45, 7) is 4.11. The molecule has 0 spiro atoms. The van der Waals surface area contributed by atoms with E-state index < -0.39 is 0 Å². The second kappa shape index (κ2) is 8.47. The Kier molecular flexibility index (Phi) is 6.07. The SMILES string of the molecule is COc1ccc(CN2CCN(Cc3ccoc3)C[C@H]2CCO)c(F)c1. The number of halogens is 1. The summed E-state index contributed by atoms with van der Waals surface area (Å²) >= 11 is 0. The standard InChI is InChI=1S/C19H25FN2O3/c1-24-18-3-2-16(19(20)10-18)12-22-7-6-21(13-17(22)4-8-23)11-15-5-9-25-14-15/h2-3,5,9-10,14,17,23H,4,6-8,11-13H2,1H3/t17-/m1/s1. The number of rotatable bonds is 7. The lowest BCUT2D eigenvalue weighted by Gasteiger charge is -2.41. The first kappa shape index (κ1) is 17.9. The summed E-state index contributed by atoms with van der Waals surface area (Å²) in [5.74, 6) is 0.279. The molecule has 25 heavy (non-hydrogen) atoms. The highest BCUT2D eigenvalue weighted by atomic mass is 19.1. The van der Waals surface area contributed by atoms with E-state index in [4.69, 9.17) is 9.15 Å². The minimum atomic E-state index is -0.247. The zero-order valence-electron chi connectivity index (χ0n) is 14.5. The van der Waals surface area contributed by atoms with Gasteiger partial charge in [0.2, 0.25) is 0 Å². The van der Waals surface area contributed by atoms with Gasteiger partial charge in [-0.3, -0.25) is 9.80 Å². The monoisotopic (exact) mass is 348 g/mol. The van der Waals surface area contributed by atoms with Crippen molar-refractivity contribution in [2.75, 3.05) is 33.4 Å². The third-order valence-electron chi connectivity index (χ3n) is 4.77. The number of benzene rings is 1. The zero-order chi connectivity index (χ0) is 17.6. The lowest BCUT2D eigenvalue weighted by Crippen LogP contribution is -2.52. The number of ether oxygens (including phenoxy) is 1. The maximum absolute atomic E-state index is 14.3. The van der Waals surface area contributed by atoms with Crippen molar-refractivity contribution in [1.82, 2.24) is 9.80 Å². The van der Waals surface area contributed by atoms with Gasteiger partial charge in [0, 0.05) is 62.6 Å². The van der Waals surface area contributed by atoms with Gasteiger partial charge in [-0.25, -0.2) is 4.39 Å². The topological polar surface area (TPSA) is 49.1 Å². The minimum absolute atomic E-state index is 0.131. The van der Waals surface area contributed by atoms with Gasteiger partial charge >= 0.3 is 0 Å². The molecule has 1 aromatic heterocycles. The van der Waals surface area contributed by atoms with E-state index in [1.807, 2.05) is 6.07 Å². The van der Waals surface area contributed by atoms with Gasteiger partial charge in [-0.1, -0.05) is 6.07 Å². The summed E-state index contributed by atoms with van der Waals surface area (Å²) in [6.07, 6.45) is 4.13. The van der Waals surface area contributed by atoms with Crippen LogP contribution in [0.5, 0.6) is 5.75 Å². The third kappa shape index (κ3) is 4.60. The first-order valence-corrected chi connectivity index (χ1v) is 8.60.